The van der Waals surface area contributed by atoms with Crippen LogP contribution in [0.4, 0.5) is 0 Å². The van der Waals surface area contributed by atoms with Gasteiger partial charge in [0, 0.05) is 0 Å². The van der Waals surface area contributed by atoms with Crippen LogP contribution in [0.1, 0.15) is 0 Å². The van der Waals surface area contributed by atoms with Gasteiger partial charge in [0.15, 0.2) is 0 Å². The second-order valence-corrected chi connectivity index (χ2v) is 6.69. The van der Waals surface area contributed by atoms with Crippen LogP contribution in [0, 0.1) is 0 Å². The Hall–Kier alpha value is -2.52. The first-order chi connectivity index (χ1) is 13.5. The Kier molecular flexibility index (Phi) is 5.27. The summed E-state index contributed by atoms with van der Waals surface area (Å²) in [5.41, 5.74) is 1.95. The lowest BCUT2D eigenvalue weighted by Crippen LogP contribution is -2.33. The highest BCUT2D eigenvalue weighted by Crippen LogP contribution is 2.16. The molecule has 0 aliphatic carbocycles. The van der Waals surface area contributed by atoms with E-state index in [1.54, 1.807) is 33.9 Å². The zero-order valence-electron chi connectivity index (χ0n) is 13.7. The molecule has 0 aliphatic heterocycles. The van der Waals surface area contributed by atoms with Crippen LogP contribution >= 0.6 is 46.4 Å². The Morgan fingerprint density at radius 3 is 1.04 bits per heavy atom. The van der Waals surface area contributed by atoms with Crippen LogP contribution in [0.15, 0.2) is 49.1 Å². The molecule has 28 heavy (non-hydrogen) atoms. The summed E-state index contributed by atoms with van der Waals surface area (Å²) in [4.78, 5) is 23.6. The van der Waals surface area contributed by atoms with Gasteiger partial charge in [-0.05, 0) is 102 Å². The number of halogens is 4. The lowest BCUT2D eigenvalue weighted by Gasteiger charge is -2.03. The SMILES string of the molecule is Clc1nc(Cl)nc(-[n+]2ccc(-c3cc[n+](-c4nc(Cl)nc(Cl)n4)cc3)cc2)n1. The predicted molar refractivity (Wildman–Crippen MR) is 102 cm³/mol. The van der Waals surface area contributed by atoms with Gasteiger partial charge in [0.1, 0.15) is 0 Å². The van der Waals surface area contributed by atoms with Gasteiger partial charge < -0.3 is 0 Å². The molecule has 4 heterocycles. The quantitative estimate of drug-likeness (QED) is 0.443. The largest absolute Gasteiger partial charge is 0.443 e. The Labute approximate surface area is 178 Å². The summed E-state index contributed by atoms with van der Waals surface area (Å²) in [5, 5.41) is 0.103. The van der Waals surface area contributed by atoms with E-state index in [2.05, 4.69) is 29.9 Å². The maximum absolute atomic E-state index is 5.82. The van der Waals surface area contributed by atoms with Crippen LogP contribution in [0.25, 0.3) is 23.0 Å². The molecule has 4 aromatic heterocycles. The Bertz CT molecular complexity index is 1020. The van der Waals surface area contributed by atoms with Crippen molar-refractivity contribution in [2.24, 2.45) is 0 Å². The Morgan fingerprint density at radius 2 is 0.750 bits per heavy atom. The van der Waals surface area contributed by atoms with Crippen molar-refractivity contribution < 1.29 is 9.13 Å². The molecule has 0 fully saturated rings. The van der Waals surface area contributed by atoms with E-state index in [0.717, 1.165) is 11.1 Å². The standard InChI is InChI=1S/C16H8Cl4N8/c17-11-21-12(18)24-15(23-11)27-5-1-9(2-6-27)10-3-7-28(8-4-10)16-25-13(19)22-14(20)26-16/h1-8H/q+2. The minimum absolute atomic E-state index is 0.0257. The highest BCUT2D eigenvalue weighted by Gasteiger charge is 2.17. The zero-order chi connectivity index (χ0) is 19.7. The fourth-order valence-electron chi connectivity index (χ4n) is 2.37. The molecule has 0 aromatic carbocycles. The monoisotopic (exact) mass is 452 g/mol. The molecule has 4 rings (SSSR count). The Balaban J connectivity index is 1.61. The van der Waals surface area contributed by atoms with Gasteiger partial charge in [-0.25, -0.2) is 9.13 Å². The summed E-state index contributed by atoms with van der Waals surface area (Å²) < 4.78 is 3.36. The molecule has 0 radical (unpaired) electrons. The molecule has 0 bridgehead atoms. The van der Waals surface area contributed by atoms with Crippen molar-refractivity contribution in [3.05, 3.63) is 70.2 Å². The number of aromatic nitrogens is 8. The summed E-state index contributed by atoms with van der Waals surface area (Å²) in [7, 11) is 0. The van der Waals surface area contributed by atoms with Crippen molar-refractivity contribution >= 4 is 46.4 Å². The van der Waals surface area contributed by atoms with Crippen LogP contribution in [-0.2, 0) is 0 Å². The molecule has 4 aromatic rings. The highest BCUT2D eigenvalue weighted by molar-refractivity contribution is 6.31. The van der Waals surface area contributed by atoms with E-state index in [1.807, 2.05) is 24.3 Å². The maximum Gasteiger partial charge on any atom is 0.443 e. The van der Waals surface area contributed by atoms with Crippen LogP contribution < -0.4 is 9.13 Å². The zero-order valence-corrected chi connectivity index (χ0v) is 16.7. The lowest BCUT2D eigenvalue weighted by molar-refractivity contribution is -0.604. The molecule has 0 amide bonds. The maximum atomic E-state index is 5.82. The Morgan fingerprint density at radius 1 is 0.464 bits per heavy atom. The first-order valence-electron chi connectivity index (χ1n) is 7.66. The fraction of sp³-hybridized carbons (Fsp3) is 0. The molecule has 0 atom stereocenters. The van der Waals surface area contributed by atoms with Gasteiger partial charge in [0.25, 0.3) is 0 Å². The van der Waals surface area contributed by atoms with Crippen LogP contribution in [0.5, 0.6) is 0 Å². The molecular weight excluding hydrogens is 446 g/mol. The van der Waals surface area contributed by atoms with Gasteiger partial charge in [-0.15, -0.1) is 0 Å². The first kappa shape index (κ1) is 18.8. The number of pyridine rings is 2. The summed E-state index contributed by atoms with van der Waals surface area (Å²) in [6, 6.07) is 7.62. The van der Waals surface area contributed by atoms with E-state index in [1.165, 1.54) is 0 Å². The smallest absolute Gasteiger partial charge is 0.206 e. The third-order valence-electron chi connectivity index (χ3n) is 3.59. The molecule has 0 saturated heterocycles. The third-order valence-corrected chi connectivity index (χ3v) is 4.27. The van der Waals surface area contributed by atoms with E-state index in [4.69, 9.17) is 46.4 Å². The normalized spacial score (nSPS) is 10.9. The van der Waals surface area contributed by atoms with Crippen molar-refractivity contribution in [1.82, 2.24) is 29.9 Å². The van der Waals surface area contributed by atoms with Crippen LogP contribution in [0.3, 0.4) is 0 Å². The minimum Gasteiger partial charge on any atom is -0.206 e. The summed E-state index contributed by atoms with van der Waals surface area (Å²) in [6.45, 7) is 0. The molecule has 8 nitrogen and oxygen atoms in total. The molecule has 0 N–H and O–H groups in total. The predicted octanol–water partition coefficient (Wildman–Crippen LogP) is 2.89. The minimum atomic E-state index is 0.0257. The number of rotatable bonds is 3. The molecule has 0 unspecified atom stereocenters. The molecule has 0 spiro atoms. The molecule has 138 valence electrons. The van der Waals surface area contributed by atoms with Crippen LogP contribution in [-0.4, -0.2) is 29.9 Å². The van der Waals surface area contributed by atoms with Crippen molar-refractivity contribution in [3.63, 3.8) is 0 Å². The van der Waals surface area contributed by atoms with E-state index in [9.17, 15) is 0 Å². The summed E-state index contributed by atoms with van der Waals surface area (Å²) >= 11 is 23.3. The third kappa shape index (κ3) is 4.15. The van der Waals surface area contributed by atoms with E-state index in [0.29, 0.717) is 11.9 Å². The molecule has 0 aliphatic rings. The fourth-order valence-corrected chi connectivity index (χ4v) is 3.08. The number of nitrogens with zero attached hydrogens (tertiary/aromatic N) is 8. The van der Waals surface area contributed by atoms with E-state index >= 15 is 0 Å². The number of hydrogen-bond donors (Lipinski definition) is 0. The average molecular weight is 454 g/mol. The first-order valence-corrected chi connectivity index (χ1v) is 9.17. The van der Waals surface area contributed by atoms with Gasteiger partial charge in [-0.3, -0.25) is 0 Å². The number of hydrogen-bond acceptors (Lipinski definition) is 6. The second-order valence-electron chi connectivity index (χ2n) is 5.34. The van der Waals surface area contributed by atoms with Gasteiger partial charge in [0.2, 0.25) is 0 Å². The van der Waals surface area contributed by atoms with Gasteiger partial charge in [-0.1, -0.05) is 0 Å². The van der Waals surface area contributed by atoms with Gasteiger partial charge in [-0.2, -0.15) is 9.97 Å². The molecule has 12 heteroatoms. The second kappa shape index (κ2) is 7.84. The van der Waals surface area contributed by atoms with Gasteiger partial charge in [0.05, 0.1) is 24.8 Å². The van der Waals surface area contributed by atoms with Crippen molar-refractivity contribution in [2.75, 3.05) is 0 Å². The summed E-state index contributed by atoms with van der Waals surface area (Å²) in [5.74, 6) is 0.650. The van der Waals surface area contributed by atoms with Crippen LogP contribution in [0.2, 0.25) is 21.1 Å². The topological polar surface area (TPSA) is 85.1 Å². The molecule has 0 saturated carbocycles. The highest BCUT2D eigenvalue weighted by atomic mass is 35.5. The molecular formula is C16H8Cl4N8+2. The van der Waals surface area contributed by atoms with E-state index in [-0.39, 0.29) is 21.1 Å². The van der Waals surface area contributed by atoms with Crippen molar-refractivity contribution in [3.8, 4) is 23.0 Å². The van der Waals surface area contributed by atoms with Gasteiger partial charge >= 0.3 is 33.0 Å². The van der Waals surface area contributed by atoms with Crippen molar-refractivity contribution in [2.45, 2.75) is 0 Å². The average Bonchev–Trinajstić information content (AvgIpc) is 2.67. The van der Waals surface area contributed by atoms with E-state index < -0.39 is 0 Å². The lowest BCUT2D eigenvalue weighted by atomic mass is 10.1. The summed E-state index contributed by atoms with van der Waals surface area (Å²) in [6.07, 6.45) is 7.18. The van der Waals surface area contributed by atoms with Crippen molar-refractivity contribution in [1.29, 1.82) is 0 Å².